The number of carbonyl (C=O) groups is 1. The van der Waals surface area contributed by atoms with Gasteiger partial charge in [0.2, 0.25) is 5.91 Å². The largest absolute Gasteiger partial charge is 0.325 e. The Kier molecular flexibility index (Phi) is 8.14. The molecule has 0 radical (unpaired) electrons. The molecule has 4 nitrogen and oxygen atoms in total. The lowest BCUT2D eigenvalue weighted by Crippen LogP contribution is -2.13. The number of unbranched alkanes of at least 4 members (excludes halogenated alkanes) is 1. The van der Waals surface area contributed by atoms with E-state index >= 15 is 0 Å². The molecule has 1 N–H and O–H groups in total. The molecule has 22 heavy (non-hydrogen) atoms. The van der Waals surface area contributed by atoms with Crippen LogP contribution in [0.1, 0.15) is 19.8 Å². The third-order valence-electron chi connectivity index (χ3n) is 2.48. The number of carbonyl (C=O) groups excluding carboxylic acids is 1. The van der Waals surface area contributed by atoms with E-state index in [0.717, 1.165) is 20.1 Å². The molecule has 2 aromatic rings. The summed E-state index contributed by atoms with van der Waals surface area (Å²) in [6, 6.07) is 9.45. The minimum absolute atomic E-state index is 0.0297. The molecule has 8 heteroatoms. The summed E-state index contributed by atoms with van der Waals surface area (Å²) >= 11 is 2.96. The van der Waals surface area contributed by atoms with Crippen molar-refractivity contribution in [1.82, 2.24) is 10.2 Å². The van der Waals surface area contributed by atoms with Gasteiger partial charge in [-0.3, -0.25) is 4.79 Å². The highest BCUT2D eigenvalue weighted by Gasteiger charge is 2.09. The molecule has 1 aromatic carbocycles. The third-order valence-corrected chi connectivity index (χ3v) is 7.28. The minimum Gasteiger partial charge on any atom is -0.325 e. The fourth-order valence-corrected chi connectivity index (χ4v) is 5.76. The Bertz CT molecular complexity index is 576. The second-order valence-corrected chi connectivity index (χ2v) is 9.16. The Balaban J connectivity index is 1.70. The number of nitrogens with zero attached hydrogens (tertiary/aromatic N) is 2. The summed E-state index contributed by atoms with van der Waals surface area (Å²) in [7, 11) is 3.47. The Morgan fingerprint density at radius 1 is 1.23 bits per heavy atom. The molecule has 0 aliphatic carbocycles. The van der Waals surface area contributed by atoms with Crippen molar-refractivity contribution in [2.24, 2.45) is 0 Å². The van der Waals surface area contributed by atoms with E-state index in [1.54, 1.807) is 32.9 Å². The van der Waals surface area contributed by atoms with Crippen molar-refractivity contribution in [3.8, 4) is 0 Å². The van der Waals surface area contributed by atoms with Gasteiger partial charge in [0, 0.05) is 11.4 Å². The van der Waals surface area contributed by atoms with Gasteiger partial charge in [-0.25, -0.2) is 0 Å². The molecule has 0 spiro atoms. The second kappa shape index (κ2) is 10.1. The fourth-order valence-electron chi connectivity index (χ4n) is 1.43. The van der Waals surface area contributed by atoms with Crippen molar-refractivity contribution in [3.63, 3.8) is 0 Å². The van der Waals surface area contributed by atoms with Gasteiger partial charge in [-0.2, -0.15) is 0 Å². The van der Waals surface area contributed by atoms with Crippen molar-refractivity contribution in [3.05, 3.63) is 30.3 Å². The molecule has 0 atom stereocenters. The molecule has 0 saturated heterocycles. The van der Waals surface area contributed by atoms with Gasteiger partial charge in [0.05, 0.1) is 5.75 Å². The van der Waals surface area contributed by atoms with Crippen molar-refractivity contribution in [2.45, 2.75) is 28.4 Å². The van der Waals surface area contributed by atoms with Gasteiger partial charge in [0.1, 0.15) is 0 Å². The van der Waals surface area contributed by atoms with Gasteiger partial charge in [-0.1, -0.05) is 65.4 Å². The van der Waals surface area contributed by atoms with Crippen LogP contribution in [0.4, 0.5) is 5.69 Å². The van der Waals surface area contributed by atoms with Gasteiger partial charge >= 0.3 is 0 Å². The molecular weight excluding hydrogens is 354 g/mol. The van der Waals surface area contributed by atoms with E-state index in [9.17, 15) is 4.79 Å². The van der Waals surface area contributed by atoms with Gasteiger partial charge in [-0.05, 0) is 29.3 Å². The lowest BCUT2D eigenvalue weighted by atomic mass is 10.3. The zero-order valence-corrected chi connectivity index (χ0v) is 15.4. The van der Waals surface area contributed by atoms with Gasteiger partial charge in [0.15, 0.2) is 8.68 Å². The number of amides is 1. The van der Waals surface area contributed by atoms with Crippen LogP contribution in [0.25, 0.3) is 0 Å². The van der Waals surface area contributed by atoms with Gasteiger partial charge < -0.3 is 5.32 Å². The molecule has 0 fully saturated rings. The summed E-state index contributed by atoms with van der Waals surface area (Å²) in [5.41, 5.74) is 0.814. The van der Waals surface area contributed by atoms with Crippen molar-refractivity contribution in [2.75, 3.05) is 16.8 Å². The van der Waals surface area contributed by atoms with Crippen LogP contribution in [0, 0.1) is 0 Å². The van der Waals surface area contributed by atoms with Crippen LogP contribution in [-0.4, -0.2) is 27.6 Å². The first-order valence-corrected chi connectivity index (χ1v) is 11.0. The summed E-state index contributed by atoms with van der Waals surface area (Å²) in [6.07, 6.45) is 2.43. The Morgan fingerprint density at radius 3 is 2.77 bits per heavy atom. The second-order valence-electron chi connectivity index (χ2n) is 4.30. The topological polar surface area (TPSA) is 54.9 Å². The molecule has 0 bridgehead atoms. The minimum atomic E-state index is -0.0297. The lowest BCUT2D eigenvalue weighted by molar-refractivity contribution is -0.113. The number of hydrogen-bond acceptors (Lipinski definition) is 7. The summed E-state index contributed by atoms with van der Waals surface area (Å²) in [4.78, 5) is 11.9. The highest BCUT2D eigenvalue weighted by atomic mass is 33.1. The van der Waals surface area contributed by atoms with Crippen LogP contribution in [-0.2, 0) is 4.79 Å². The van der Waals surface area contributed by atoms with E-state index < -0.39 is 0 Å². The van der Waals surface area contributed by atoms with E-state index in [-0.39, 0.29) is 5.91 Å². The normalized spacial score (nSPS) is 10.6. The number of anilines is 1. The molecule has 1 aromatic heterocycles. The number of aromatic nitrogens is 2. The van der Waals surface area contributed by atoms with Crippen LogP contribution < -0.4 is 5.32 Å². The van der Waals surface area contributed by atoms with Crippen LogP contribution in [0.5, 0.6) is 0 Å². The molecule has 1 amide bonds. The summed E-state index contributed by atoms with van der Waals surface area (Å²) in [6.45, 7) is 2.19. The SMILES string of the molecule is CCCCSSc1nnc(SCC(=O)Nc2ccccc2)s1. The van der Waals surface area contributed by atoms with Crippen LogP contribution in [0.3, 0.4) is 0 Å². The van der Waals surface area contributed by atoms with Gasteiger partial charge in [0.25, 0.3) is 0 Å². The molecule has 0 unspecified atom stereocenters. The number of nitrogens with one attached hydrogen (secondary N) is 1. The number of thioether (sulfide) groups is 1. The zero-order valence-electron chi connectivity index (χ0n) is 12.2. The van der Waals surface area contributed by atoms with E-state index in [1.807, 2.05) is 30.3 Å². The first-order chi connectivity index (χ1) is 10.8. The first-order valence-electron chi connectivity index (χ1n) is 6.88. The number of para-hydroxylation sites is 1. The number of rotatable bonds is 9. The average molecular weight is 372 g/mol. The summed E-state index contributed by atoms with van der Waals surface area (Å²) in [5.74, 6) is 1.44. The Hall–Kier alpha value is -0.700. The average Bonchev–Trinajstić information content (AvgIpc) is 2.99. The third kappa shape index (κ3) is 6.60. The first kappa shape index (κ1) is 17.7. The van der Waals surface area contributed by atoms with E-state index in [0.29, 0.717) is 5.75 Å². The number of hydrogen-bond donors (Lipinski definition) is 1. The maximum Gasteiger partial charge on any atom is 0.234 e. The number of benzene rings is 1. The highest BCUT2D eigenvalue weighted by Crippen LogP contribution is 2.36. The standard InChI is InChI=1S/C14H17N3OS4/c1-2-3-9-20-22-14-17-16-13(21-14)19-10-12(18)15-11-7-5-4-6-8-11/h4-8H,2-3,9-10H2,1H3,(H,15,18). The molecule has 0 aliphatic rings. The fraction of sp³-hybridized carbons (Fsp3) is 0.357. The van der Waals surface area contributed by atoms with Crippen LogP contribution >= 0.6 is 44.7 Å². The van der Waals surface area contributed by atoms with Gasteiger partial charge in [-0.15, -0.1) is 10.2 Å². The summed E-state index contributed by atoms with van der Waals surface area (Å²) < 4.78 is 1.79. The molecule has 1 heterocycles. The Labute approximate surface area is 146 Å². The zero-order chi connectivity index (χ0) is 15.6. The van der Waals surface area contributed by atoms with E-state index in [2.05, 4.69) is 22.4 Å². The maximum atomic E-state index is 11.9. The molecule has 0 aliphatic heterocycles. The van der Waals surface area contributed by atoms with Crippen molar-refractivity contribution in [1.29, 1.82) is 0 Å². The lowest BCUT2D eigenvalue weighted by Gasteiger charge is -2.02. The van der Waals surface area contributed by atoms with E-state index in [1.165, 1.54) is 24.6 Å². The monoisotopic (exact) mass is 371 g/mol. The quantitative estimate of drug-likeness (QED) is 0.388. The Morgan fingerprint density at radius 2 is 2.00 bits per heavy atom. The molecule has 118 valence electrons. The van der Waals surface area contributed by atoms with E-state index in [4.69, 9.17) is 0 Å². The molecule has 0 saturated carbocycles. The predicted molar refractivity (Wildman–Crippen MR) is 98.9 cm³/mol. The maximum absolute atomic E-state index is 11.9. The highest BCUT2D eigenvalue weighted by molar-refractivity contribution is 8.77. The van der Waals surface area contributed by atoms with Crippen molar-refractivity contribution >= 4 is 56.3 Å². The molecule has 2 rings (SSSR count). The molecular formula is C14H17N3OS4. The van der Waals surface area contributed by atoms with Crippen LogP contribution in [0.15, 0.2) is 39.0 Å². The van der Waals surface area contributed by atoms with Crippen molar-refractivity contribution < 1.29 is 4.79 Å². The predicted octanol–water partition coefficient (Wildman–Crippen LogP) is 4.81. The smallest absolute Gasteiger partial charge is 0.234 e. The van der Waals surface area contributed by atoms with Crippen LogP contribution in [0.2, 0.25) is 0 Å². The summed E-state index contributed by atoms with van der Waals surface area (Å²) in [5, 5.41) is 11.1.